The Balaban J connectivity index is 2.83. The summed E-state index contributed by atoms with van der Waals surface area (Å²) in [4.78, 5) is 11.6. The molecule has 0 heterocycles. The number of aliphatic hydroxyl groups is 1. The van der Waals surface area contributed by atoms with Gasteiger partial charge in [0.2, 0.25) is 0 Å². The first-order valence-corrected chi connectivity index (χ1v) is 5.98. The number of hydrogen-bond acceptors (Lipinski definition) is 3. The highest BCUT2D eigenvalue weighted by Gasteiger charge is 2.17. The minimum atomic E-state index is -0.806. The number of carbonyl (C=O) groups excluding carboxylic acids is 1. The molecule has 19 heavy (non-hydrogen) atoms. The van der Waals surface area contributed by atoms with Crippen LogP contribution in [0.4, 0.5) is 4.39 Å². The number of nitrogens with one attached hydrogen (secondary N) is 1. The molecule has 1 unspecified atom stereocenters. The third-order valence-electron chi connectivity index (χ3n) is 2.52. The zero-order valence-electron chi connectivity index (χ0n) is 11.0. The van der Waals surface area contributed by atoms with Crippen molar-refractivity contribution in [3.05, 3.63) is 42.2 Å². The second-order valence-corrected chi connectivity index (χ2v) is 4.15. The van der Waals surface area contributed by atoms with Crippen LogP contribution in [0.25, 0.3) is 0 Å². The van der Waals surface area contributed by atoms with Gasteiger partial charge in [-0.1, -0.05) is 6.08 Å². The summed E-state index contributed by atoms with van der Waals surface area (Å²) in [5.41, 5.74) is 0.435. The SMILES string of the molecule is C=CCNC(=O)C(C)Oc1cc(F)ccc1[C@H](C)O. The maximum absolute atomic E-state index is 13.2. The lowest BCUT2D eigenvalue weighted by molar-refractivity contribution is -0.127. The van der Waals surface area contributed by atoms with Gasteiger partial charge in [-0.2, -0.15) is 0 Å². The summed E-state index contributed by atoms with van der Waals surface area (Å²) >= 11 is 0. The number of rotatable bonds is 6. The Bertz CT molecular complexity index is 460. The molecule has 4 nitrogen and oxygen atoms in total. The van der Waals surface area contributed by atoms with E-state index < -0.39 is 18.0 Å². The summed E-state index contributed by atoms with van der Waals surface area (Å²) in [6, 6.07) is 3.82. The van der Waals surface area contributed by atoms with Gasteiger partial charge in [-0.25, -0.2) is 4.39 Å². The third kappa shape index (κ3) is 4.37. The topological polar surface area (TPSA) is 58.6 Å². The first-order chi connectivity index (χ1) is 8.95. The first-order valence-electron chi connectivity index (χ1n) is 5.98. The van der Waals surface area contributed by atoms with Crippen molar-refractivity contribution < 1.29 is 19.0 Å². The fraction of sp³-hybridized carbons (Fsp3) is 0.357. The second-order valence-electron chi connectivity index (χ2n) is 4.15. The van der Waals surface area contributed by atoms with Crippen molar-refractivity contribution >= 4 is 5.91 Å². The van der Waals surface area contributed by atoms with E-state index in [1.807, 2.05) is 0 Å². The number of aliphatic hydroxyl groups excluding tert-OH is 1. The first kappa shape index (κ1) is 15.2. The Labute approximate surface area is 111 Å². The van der Waals surface area contributed by atoms with E-state index in [1.165, 1.54) is 12.1 Å². The quantitative estimate of drug-likeness (QED) is 0.774. The molecule has 0 fully saturated rings. The summed E-state index contributed by atoms with van der Waals surface area (Å²) in [5.74, 6) is -0.657. The molecule has 0 aliphatic heterocycles. The number of benzene rings is 1. The molecule has 0 saturated carbocycles. The molecule has 104 valence electrons. The molecule has 0 spiro atoms. The van der Waals surface area contributed by atoms with E-state index >= 15 is 0 Å². The van der Waals surface area contributed by atoms with Crippen molar-refractivity contribution in [3.63, 3.8) is 0 Å². The van der Waals surface area contributed by atoms with Gasteiger partial charge in [0.05, 0.1) is 6.10 Å². The molecule has 0 bridgehead atoms. The lowest BCUT2D eigenvalue weighted by atomic mass is 10.1. The van der Waals surface area contributed by atoms with Crippen LogP contribution < -0.4 is 10.1 Å². The molecule has 1 rings (SSSR count). The summed E-state index contributed by atoms with van der Waals surface area (Å²) in [7, 11) is 0. The Hall–Kier alpha value is -1.88. The molecule has 0 aromatic heterocycles. The van der Waals surface area contributed by atoms with Crippen LogP contribution in [0.1, 0.15) is 25.5 Å². The zero-order chi connectivity index (χ0) is 14.4. The molecule has 0 aliphatic rings. The van der Waals surface area contributed by atoms with Gasteiger partial charge in [0.15, 0.2) is 6.10 Å². The predicted octanol–water partition coefficient (Wildman–Crippen LogP) is 1.95. The van der Waals surface area contributed by atoms with Crippen molar-refractivity contribution in [1.29, 1.82) is 0 Å². The monoisotopic (exact) mass is 267 g/mol. The van der Waals surface area contributed by atoms with Gasteiger partial charge in [0.25, 0.3) is 5.91 Å². The van der Waals surface area contributed by atoms with Gasteiger partial charge >= 0.3 is 0 Å². The smallest absolute Gasteiger partial charge is 0.261 e. The number of amides is 1. The third-order valence-corrected chi connectivity index (χ3v) is 2.52. The Kier molecular flexibility index (Phi) is 5.51. The van der Waals surface area contributed by atoms with E-state index in [4.69, 9.17) is 4.74 Å². The summed E-state index contributed by atoms with van der Waals surface area (Å²) in [5, 5.41) is 12.1. The lowest BCUT2D eigenvalue weighted by Gasteiger charge is -2.18. The number of halogens is 1. The van der Waals surface area contributed by atoms with Crippen molar-refractivity contribution in [2.45, 2.75) is 26.1 Å². The van der Waals surface area contributed by atoms with Crippen LogP contribution in [0.5, 0.6) is 5.75 Å². The van der Waals surface area contributed by atoms with Crippen molar-refractivity contribution in [2.24, 2.45) is 0 Å². The van der Waals surface area contributed by atoms with Crippen LogP contribution in [0.15, 0.2) is 30.9 Å². The molecule has 5 heteroatoms. The minimum Gasteiger partial charge on any atom is -0.480 e. The van der Waals surface area contributed by atoms with Gasteiger partial charge in [-0.3, -0.25) is 4.79 Å². The van der Waals surface area contributed by atoms with E-state index in [-0.39, 0.29) is 11.7 Å². The molecule has 0 saturated heterocycles. The van der Waals surface area contributed by atoms with Crippen molar-refractivity contribution in [2.75, 3.05) is 6.54 Å². The highest BCUT2D eigenvalue weighted by atomic mass is 19.1. The van der Waals surface area contributed by atoms with E-state index in [9.17, 15) is 14.3 Å². The molecule has 2 atom stereocenters. The Morgan fingerprint density at radius 3 is 2.84 bits per heavy atom. The Morgan fingerprint density at radius 1 is 1.58 bits per heavy atom. The molecule has 2 N–H and O–H groups in total. The van der Waals surface area contributed by atoms with Gasteiger partial charge in [0, 0.05) is 18.2 Å². The van der Waals surface area contributed by atoms with Crippen LogP contribution in [0, 0.1) is 5.82 Å². The number of carbonyl (C=O) groups is 1. The highest BCUT2D eigenvalue weighted by molar-refractivity contribution is 5.80. The molecular formula is C14H18FNO3. The maximum Gasteiger partial charge on any atom is 0.261 e. The van der Waals surface area contributed by atoms with Crippen LogP contribution in [0.3, 0.4) is 0 Å². The van der Waals surface area contributed by atoms with Gasteiger partial charge < -0.3 is 15.2 Å². The molecule has 1 aromatic rings. The second kappa shape index (κ2) is 6.89. The fourth-order valence-corrected chi connectivity index (χ4v) is 1.52. The molecule has 0 radical (unpaired) electrons. The molecule has 1 amide bonds. The number of ether oxygens (including phenoxy) is 1. The zero-order valence-corrected chi connectivity index (χ0v) is 11.0. The molecule has 1 aromatic carbocycles. The average Bonchev–Trinajstić information content (AvgIpc) is 2.35. The maximum atomic E-state index is 13.2. The van der Waals surface area contributed by atoms with E-state index in [1.54, 1.807) is 19.9 Å². The van der Waals surface area contributed by atoms with Crippen molar-refractivity contribution in [1.82, 2.24) is 5.32 Å². The number of hydrogen-bond donors (Lipinski definition) is 2. The largest absolute Gasteiger partial charge is 0.480 e. The summed E-state index contributed by atoms with van der Waals surface area (Å²) < 4.78 is 18.6. The normalized spacial score (nSPS) is 13.5. The predicted molar refractivity (Wildman–Crippen MR) is 70.3 cm³/mol. The minimum absolute atomic E-state index is 0.163. The van der Waals surface area contributed by atoms with Gasteiger partial charge in [-0.05, 0) is 26.0 Å². The van der Waals surface area contributed by atoms with Crippen LogP contribution in [-0.2, 0) is 4.79 Å². The van der Waals surface area contributed by atoms with Crippen molar-refractivity contribution in [3.8, 4) is 5.75 Å². The molecule has 0 aliphatic carbocycles. The average molecular weight is 267 g/mol. The van der Waals surface area contributed by atoms with Crippen LogP contribution in [0.2, 0.25) is 0 Å². The van der Waals surface area contributed by atoms with Gasteiger partial charge in [0.1, 0.15) is 11.6 Å². The summed E-state index contributed by atoms with van der Waals surface area (Å²) in [6.07, 6.45) is -0.0492. The van der Waals surface area contributed by atoms with Crippen LogP contribution in [-0.4, -0.2) is 23.7 Å². The highest BCUT2D eigenvalue weighted by Crippen LogP contribution is 2.26. The standard InChI is InChI=1S/C14H18FNO3/c1-4-7-16-14(18)10(3)19-13-8-11(15)5-6-12(13)9(2)17/h4-6,8-10,17H,1,7H2,2-3H3,(H,16,18)/t9-,10?/m0/s1. The summed E-state index contributed by atoms with van der Waals surface area (Å²) in [6.45, 7) is 6.91. The van der Waals surface area contributed by atoms with E-state index in [2.05, 4.69) is 11.9 Å². The van der Waals surface area contributed by atoms with E-state index in [0.717, 1.165) is 6.07 Å². The molecular weight excluding hydrogens is 249 g/mol. The van der Waals surface area contributed by atoms with Crippen LogP contribution >= 0.6 is 0 Å². The van der Waals surface area contributed by atoms with E-state index in [0.29, 0.717) is 12.1 Å². The lowest BCUT2D eigenvalue weighted by Crippen LogP contribution is -2.36. The Morgan fingerprint density at radius 2 is 2.26 bits per heavy atom. The fourth-order valence-electron chi connectivity index (χ4n) is 1.52. The van der Waals surface area contributed by atoms with Gasteiger partial charge in [-0.15, -0.1) is 6.58 Å².